The number of sulfonamides is 1. The Balaban J connectivity index is 1.55. The number of aromatic nitrogens is 2. The number of benzene rings is 2. The summed E-state index contributed by atoms with van der Waals surface area (Å²) in [6.45, 7) is 0.545. The number of nitrogens with zero attached hydrogens (tertiary/aromatic N) is 2. The van der Waals surface area contributed by atoms with Crippen LogP contribution in [-0.2, 0) is 23.5 Å². The van der Waals surface area contributed by atoms with Gasteiger partial charge in [0.05, 0.1) is 6.33 Å². The van der Waals surface area contributed by atoms with E-state index in [0.29, 0.717) is 13.0 Å². The molecule has 134 valence electrons. The van der Waals surface area contributed by atoms with Crippen LogP contribution in [0.25, 0.3) is 11.1 Å². The van der Waals surface area contributed by atoms with Crippen LogP contribution in [0.5, 0.6) is 0 Å². The van der Waals surface area contributed by atoms with Gasteiger partial charge in [-0.25, -0.2) is 18.1 Å². The second-order valence-electron chi connectivity index (χ2n) is 6.52. The van der Waals surface area contributed by atoms with Gasteiger partial charge in [-0.2, -0.15) is 0 Å². The Morgan fingerprint density at radius 2 is 1.96 bits per heavy atom. The third-order valence-electron chi connectivity index (χ3n) is 4.50. The molecule has 6 nitrogen and oxygen atoms in total. The van der Waals surface area contributed by atoms with Crippen molar-refractivity contribution in [3.05, 3.63) is 66.6 Å². The van der Waals surface area contributed by atoms with E-state index in [1.807, 2.05) is 18.2 Å². The van der Waals surface area contributed by atoms with Crippen molar-refractivity contribution in [1.29, 1.82) is 0 Å². The molecule has 2 aromatic carbocycles. The maximum absolute atomic E-state index is 12.5. The predicted molar refractivity (Wildman–Crippen MR) is 101 cm³/mol. The van der Waals surface area contributed by atoms with Gasteiger partial charge in [-0.3, -0.25) is 0 Å². The normalized spacial score (nSPS) is 16.7. The van der Waals surface area contributed by atoms with Crippen LogP contribution in [0.2, 0.25) is 0 Å². The van der Waals surface area contributed by atoms with Crippen molar-refractivity contribution < 1.29 is 8.42 Å². The number of aryl methyl sites for hydroxylation is 1. The number of imidazole rings is 1. The minimum Gasteiger partial charge on any atom is -0.383 e. The van der Waals surface area contributed by atoms with E-state index in [-0.39, 0.29) is 11.1 Å². The minimum atomic E-state index is -3.63. The van der Waals surface area contributed by atoms with E-state index in [1.165, 1.54) is 12.5 Å². The number of anilines is 1. The Morgan fingerprint density at radius 1 is 1.15 bits per heavy atom. The Kier molecular flexibility index (Phi) is 4.26. The van der Waals surface area contributed by atoms with E-state index >= 15 is 0 Å². The van der Waals surface area contributed by atoms with Crippen molar-refractivity contribution in [1.82, 2.24) is 14.3 Å². The van der Waals surface area contributed by atoms with Crippen LogP contribution in [0.15, 0.2) is 66.1 Å². The van der Waals surface area contributed by atoms with Crippen molar-refractivity contribution in [2.75, 3.05) is 11.9 Å². The van der Waals surface area contributed by atoms with Crippen LogP contribution in [0.3, 0.4) is 0 Å². The van der Waals surface area contributed by atoms with E-state index in [1.54, 1.807) is 11.6 Å². The first-order valence-electron chi connectivity index (χ1n) is 8.44. The van der Waals surface area contributed by atoms with Gasteiger partial charge >= 0.3 is 0 Å². The average molecular weight is 368 g/mol. The van der Waals surface area contributed by atoms with E-state index in [9.17, 15) is 8.42 Å². The Bertz CT molecular complexity index is 1030. The summed E-state index contributed by atoms with van der Waals surface area (Å²) in [7, 11) is -1.88. The molecule has 4 rings (SSSR count). The smallest absolute Gasteiger partial charge is 0.259 e. The van der Waals surface area contributed by atoms with Crippen LogP contribution in [-0.4, -0.2) is 30.6 Å². The topological polar surface area (TPSA) is 76.0 Å². The highest BCUT2D eigenvalue weighted by Crippen LogP contribution is 2.28. The van der Waals surface area contributed by atoms with Gasteiger partial charge in [0, 0.05) is 31.5 Å². The van der Waals surface area contributed by atoms with Crippen molar-refractivity contribution >= 4 is 15.7 Å². The highest BCUT2D eigenvalue weighted by Gasteiger charge is 2.25. The molecule has 0 fully saturated rings. The lowest BCUT2D eigenvalue weighted by atomic mass is 9.95. The van der Waals surface area contributed by atoms with Gasteiger partial charge < -0.3 is 9.88 Å². The number of fused-ring (bicyclic) bond motifs is 1. The molecule has 0 saturated carbocycles. The summed E-state index contributed by atoms with van der Waals surface area (Å²) < 4.78 is 29.4. The largest absolute Gasteiger partial charge is 0.383 e. The Labute approximate surface area is 152 Å². The molecule has 0 saturated heterocycles. The van der Waals surface area contributed by atoms with Crippen LogP contribution in [0.4, 0.5) is 5.69 Å². The SMILES string of the molecule is Cn1cnc(S(=O)(=O)NC2CNc3ccc(-c4ccccc4)cc3C2)c1. The first-order valence-corrected chi connectivity index (χ1v) is 9.92. The Morgan fingerprint density at radius 3 is 2.69 bits per heavy atom. The molecule has 1 aliphatic rings. The highest BCUT2D eigenvalue weighted by molar-refractivity contribution is 7.89. The summed E-state index contributed by atoms with van der Waals surface area (Å²) in [5, 5.41) is 3.36. The molecule has 0 aliphatic carbocycles. The van der Waals surface area contributed by atoms with Crippen molar-refractivity contribution in [2.24, 2.45) is 7.05 Å². The van der Waals surface area contributed by atoms with Gasteiger partial charge in [-0.15, -0.1) is 0 Å². The van der Waals surface area contributed by atoms with Gasteiger partial charge in [-0.1, -0.05) is 36.4 Å². The van der Waals surface area contributed by atoms with Crippen LogP contribution in [0.1, 0.15) is 5.56 Å². The zero-order valence-electron chi connectivity index (χ0n) is 14.4. The number of nitrogens with one attached hydrogen (secondary N) is 2. The second kappa shape index (κ2) is 6.59. The van der Waals surface area contributed by atoms with Crippen molar-refractivity contribution in [3.63, 3.8) is 0 Å². The lowest BCUT2D eigenvalue weighted by Gasteiger charge is -2.27. The number of hydrogen-bond donors (Lipinski definition) is 2. The molecule has 7 heteroatoms. The molecule has 1 aliphatic heterocycles. The molecule has 26 heavy (non-hydrogen) atoms. The van der Waals surface area contributed by atoms with E-state index in [4.69, 9.17) is 0 Å². The van der Waals surface area contributed by atoms with Gasteiger partial charge in [0.2, 0.25) is 0 Å². The summed E-state index contributed by atoms with van der Waals surface area (Å²) in [5.74, 6) is 0. The van der Waals surface area contributed by atoms with E-state index < -0.39 is 10.0 Å². The molecule has 0 bridgehead atoms. The fourth-order valence-electron chi connectivity index (χ4n) is 3.21. The van der Waals surface area contributed by atoms with Crippen LogP contribution in [0, 0.1) is 0 Å². The molecule has 1 atom stereocenters. The fraction of sp³-hybridized carbons (Fsp3) is 0.211. The third-order valence-corrected chi connectivity index (χ3v) is 5.90. The second-order valence-corrected chi connectivity index (χ2v) is 8.18. The predicted octanol–water partition coefficient (Wildman–Crippen LogP) is 2.40. The monoisotopic (exact) mass is 368 g/mol. The molecule has 3 aromatic rings. The lowest BCUT2D eigenvalue weighted by molar-refractivity contribution is 0.546. The Hall–Kier alpha value is -2.64. The first-order chi connectivity index (χ1) is 12.5. The molecular formula is C19H20N4O2S. The molecule has 0 spiro atoms. The summed E-state index contributed by atoms with van der Waals surface area (Å²) in [4.78, 5) is 3.94. The first kappa shape index (κ1) is 16.8. The molecule has 1 unspecified atom stereocenters. The van der Waals surface area contributed by atoms with Crippen molar-refractivity contribution in [2.45, 2.75) is 17.5 Å². The summed E-state index contributed by atoms with van der Waals surface area (Å²) in [6, 6.07) is 16.2. The van der Waals surface area contributed by atoms with Gasteiger partial charge in [0.15, 0.2) is 5.03 Å². The summed E-state index contributed by atoms with van der Waals surface area (Å²) in [5.41, 5.74) is 4.43. The van der Waals surface area contributed by atoms with E-state index in [0.717, 1.165) is 22.4 Å². The quantitative estimate of drug-likeness (QED) is 0.741. The molecule has 2 heterocycles. The average Bonchev–Trinajstić information content (AvgIpc) is 3.09. The van der Waals surface area contributed by atoms with Crippen LogP contribution < -0.4 is 10.0 Å². The fourth-order valence-corrected chi connectivity index (χ4v) is 4.42. The van der Waals surface area contributed by atoms with Gasteiger partial charge in [-0.05, 0) is 35.2 Å². The highest BCUT2D eigenvalue weighted by atomic mass is 32.2. The lowest BCUT2D eigenvalue weighted by Crippen LogP contribution is -2.43. The molecule has 2 N–H and O–H groups in total. The maximum Gasteiger partial charge on any atom is 0.259 e. The molecule has 0 radical (unpaired) electrons. The number of hydrogen-bond acceptors (Lipinski definition) is 4. The standard InChI is InChI=1S/C19H20N4O2S/c1-23-12-19(21-13-23)26(24,25)22-17-10-16-9-15(7-8-18(16)20-11-17)14-5-3-2-4-6-14/h2-9,12-13,17,20,22H,10-11H2,1H3. The number of rotatable bonds is 4. The van der Waals surface area contributed by atoms with Gasteiger partial charge in [0.25, 0.3) is 10.0 Å². The zero-order valence-corrected chi connectivity index (χ0v) is 15.2. The summed E-state index contributed by atoms with van der Waals surface area (Å²) in [6.07, 6.45) is 3.62. The third kappa shape index (κ3) is 3.36. The molecular weight excluding hydrogens is 348 g/mol. The van der Waals surface area contributed by atoms with E-state index in [2.05, 4.69) is 45.4 Å². The molecule has 0 amide bonds. The molecule has 1 aromatic heterocycles. The summed E-state index contributed by atoms with van der Waals surface area (Å²) >= 11 is 0. The van der Waals surface area contributed by atoms with Gasteiger partial charge in [0.1, 0.15) is 0 Å². The van der Waals surface area contributed by atoms with Crippen LogP contribution >= 0.6 is 0 Å². The minimum absolute atomic E-state index is 0.0452. The van der Waals surface area contributed by atoms with Crippen molar-refractivity contribution in [3.8, 4) is 11.1 Å². The maximum atomic E-state index is 12.5. The zero-order chi connectivity index (χ0) is 18.1.